The van der Waals surface area contributed by atoms with Gasteiger partial charge in [0, 0.05) is 46.4 Å². The summed E-state index contributed by atoms with van der Waals surface area (Å²) in [6.07, 6.45) is 5.50. The molecule has 0 atom stereocenters. The molecule has 0 bridgehead atoms. The molecule has 0 saturated heterocycles. The van der Waals surface area contributed by atoms with Crippen LogP contribution in [0.3, 0.4) is 0 Å². The normalized spacial score (nSPS) is 11.5. The van der Waals surface area contributed by atoms with Crippen molar-refractivity contribution in [2.45, 2.75) is 157 Å². The summed E-state index contributed by atoms with van der Waals surface area (Å²) in [5, 5.41) is 0. The average molecular weight is 1110 g/mol. The van der Waals surface area contributed by atoms with Crippen molar-refractivity contribution in [3.63, 3.8) is 0 Å². The fourth-order valence-electron chi connectivity index (χ4n) is 8.92. The van der Waals surface area contributed by atoms with Gasteiger partial charge >= 0.3 is 0 Å². The lowest BCUT2D eigenvalue weighted by Gasteiger charge is -2.23. The maximum atomic E-state index is 4.71. The molecule has 3 nitrogen and oxygen atoms in total. The highest BCUT2D eigenvalue weighted by Crippen LogP contribution is 2.38. The lowest BCUT2D eigenvalue weighted by atomic mass is 9.81. The van der Waals surface area contributed by atoms with Gasteiger partial charge in [0.25, 0.3) is 0 Å². The van der Waals surface area contributed by atoms with E-state index in [1.807, 2.05) is 48.9 Å². The first-order chi connectivity index (χ1) is 39.5. The first kappa shape index (κ1) is 66.8. The van der Waals surface area contributed by atoms with Crippen molar-refractivity contribution in [3.05, 3.63) is 295 Å². The third kappa shape index (κ3) is 22.3. The summed E-state index contributed by atoms with van der Waals surface area (Å²) >= 11 is 0. The second-order valence-corrected chi connectivity index (χ2v) is 27.5. The molecule has 0 amide bonds. The van der Waals surface area contributed by atoms with Gasteiger partial charge in [-0.3, -0.25) is 15.0 Å². The predicted octanol–water partition coefficient (Wildman–Crippen LogP) is 22.8. The second kappa shape index (κ2) is 30.5. The third-order valence-electron chi connectivity index (χ3n) is 14.0. The molecule has 0 aliphatic carbocycles. The smallest absolute Gasteiger partial charge is 0.0705 e. The van der Waals surface area contributed by atoms with E-state index in [-0.39, 0.29) is 21.7 Å². The lowest BCUT2D eigenvalue weighted by Crippen LogP contribution is -2.13. The summed E-state index contributed by atoms with van der Waals surface area (Å²) in [6, 6.07) is 84.8. The Morgan fingerprint density at radius 2 is 0.595 bits per heavy atom. The zero-order valence-electron chi connectivity index (χ0n) is 54.2. The van der Waals surface area contributed by atoms with E-state index >= 15 is 0 Å². The van der Waals surface area contributed by atoms with Gasteiger partial charge in [-0.15, -0.1) is 0 Å². The summed E-state index contributed by atoms with van der Waals surface area (Å²) in [6.45, 7) is 39.8. The van der Waals surface area contributed by atoms with Crippen LogP contribution in [0.1, 0.15) is 158 Å². The summed E-state index contributed by atoms with van der Waals surface area (Å²) in [7, 11) is 0. The van der Waals surface area contributed by atoms with Crippen molar-refractivity contribution < 1.29 is 0 Å². The van der Waals surface area contributed by atoms with Crippen LogP contribution in [-0.2, 0) is 32.5 Å². The summed E-state index contributed by atoms with van der Waals surface area (Å²) < 4.78 is 0. The van der Waals surface area contributed by atoms with Crippen molar-refractivity contribution in [2.75, 3.05) is 0 Å². The summed E-state index contributed by atoms with van der Waals surface area (Å²) in [4.78, 5) is 12.9. The predicted molar refractivity (Wildman–Crippen MR) is 366 cm³/mol. The molecule has 7 aromatic carbocycles. The van der Waals surface area contributed by atoms with Crippen LogP contribution in [0.4, 0.5) is 0 Å². The highest BCUT2D eigenvalue weighted by Gasteiger charge is 2.20. The maximum absolute atomic E-state index is 4.71. The molecule has 0 fully saturated rings. The Labute approximate surface area is 508 Å². The number of benzene rings is 7. The highest BCUT2D eigenvalue weighted by molar-refractivity contribution is 5.82. The molecule has 3 aromatic heterocycles. The van der Waals surface area contributed by atoms with Crippen molar-refractivity contribution in [3.8, 4) is 44.6 Å². The average Bonchev–Trinajstić information content (AvgIpc) is 3.68. The molecule has 84 heavy (non-hydrogen) atoms. The minimum absolute atomic E-state index is 0.0895. The van der Waals surface area contributed by atoms with Gasteiger partial charge in [-0.25, -0.2) is 0 Å². The molecule has 0 unspecified atom stereocenters. The quantitative estimate of drug-likeness (QED) is 0.176. The minimum Gasteiger partial charge on any atom is -0.265 e. The Balaban J connectivity index is 0.000000197. The molecular weight excluding hydrogens is 1010 g/mol. The summed E-state index contributed by atoms with van der Waals surface area (Å²) in [5.41, 5.74) is 18.8. The van der Waals surface area contributed by atoms with Gasteiger partial charge < -0.3 is 0 Å². The number of rotatable bonds is 4. The fraction of sp³-hybridized carbons (Fsp3) is 0.296. The van der Waals surface area contributed by atoms with Crippen LogP contribution in [0.25, 0.3) is 44.6 Å². The number of pyridine rings is 3. The molecule has 0 N–H and O–H groups in total. The van der Waals surface area contributed by atoms with Gasteiger partial charge in [-0.2, -0.15) is 0 Å². The Kier molecular flexibility index (Phi) is 24.3. The van der Waals surface area contributed by atoms with Crippen LogP contribution in [0, 0.1) is 0 Å². The number of hydrogen-bond acceptors (Lipinski definition) is 3. The first-order valence-electron chi connectivity index (χ1n) is 29.8. The zero-order valence-corrected chi connectivity index (χ0v) is 54.2. The number of aromatic nitrogens is 3. The van der Waals surface area contributed by atoms with Crippen LogP contribution in [0.5, 0.6) is 0 Å². The van der Waals surface area contributed by atoms with E-state index in [0.29, 0.717) is 10.8 Å². The van der Waals surface area contributed by atoms with Crippen molar-refractivity contribution in [2.24, 2.45) is 0 Å². The molecule has 0 spiro atoms. The SMILES string of the molecule is CC(C)(C)c1cccc(-c2ccccc2)n1.CC(C)(C)c1ccccc1.CC(C)(C)c1ccccc1.CC(C)(C)c1ccccc1-c1cc(-c2ccccc2)cc(-c2ccccc2)c1.CC(C)(C)c1ccccn1.CC(C)(C)c1ccncc1. The molecule has 3 heterocycles. The van der Waals surface area contributed by atoms with E-state index in [1.165, 1.54) is 61.2 Å². The van der Waals surface area contributed by atoms with E-state index in [2.05, 4.69) is 347 Å². The van der Waals surface area contributed by atoms with Gasteiger partial charge in [0.15, 0.2) is 0 Å². The molecule has 10 rings (SSSR count). The zero-order chi connectivity index (χ0) is 61.6. The monoisotopic (exact) mass is 1110 g/mol. The molecular formula is C81H97N3. The van der Waals surface area contributed by atoms with Gasteiger partial charge in [-0.05, 0) is 132 Å². The summed E-state index contributed by atoms with van der Waals surface area (Å²) in [5.74, 6) is 0. The van der Waals surface area contributed by atoms with Crippen LogP contribution in [0.2, 0.25) is 0 Å². The van der Waals surface area contributed by atoms with E-state index in [9.17, 15) is 0 Å². The van der Waals surface area contributed by atoms with Crippen LogP contribution in [-0.4, -0.2) is 15.0 Å². The second-order valence-electron chi connectivity index (χ2n) is 27.5. The van der Waals surface area contributed by atoms with Gasteiger partial charge in [0.1, 0.15) is 0 Å². The minimum atomic E-state index is 0.0895. The lowest BCUT2D eigenvalue weighted by molar-refractivity contribution is 0.569. The van der Waals surface area contributed by atoms with Crippen LogP contribution in [0.15, 0.2) is 261 Å². The molecule has 3 heteroatoms. The molecule has 0 radical (unpaired) electrons. The van der Waals surface area contributed by atoms with Crippen molar-refractivity contribution >= 4 is 0 Å². The molecule has 10 aromatic rings. The number of hydrogen-bond donors (Lipinski definition) is 0. The topological polar surface area (TPSA) is 38.7 Å². The largest absolute Gasteiger partial charge is 0.265 e. The van der Waals surface area contributed by atoms with Crippen molar-refractivity contribution in [1.29, 1.82) is 0 Å². The Morgan fingerprint density at radius 3 is 0.952 bits per heavy atom. The van der Waals surface area contributed by atoms with E-state index in [4.69, 9.17) is 4.98 Å². The van der Waals surface area contributed by atoms with E-state index in [0.717, 1.165) is 17.1 Å². The Bertz CT molecular complexity index is 3170. The van der Waals surface area contributed by atoms with Gasteiger partial charge in [-0.1, -0.05) is 313 Å². The molecule has 0 saturated carbocycles. The van der Waals surface area contributed by atoms with Gasteiger partial charge in [0.2, 0.25) is 0 Å². The molecule has 436 valence electrons. The van der Waals surface area contributed by atoms with E-state index < -0.39 is 0 Å². The first-order valence-corrected chi connectivity index (χ1v) is 29.8. The highest BCUT2D eigenvalue weighted by atomic mass is 14.7. The standard InChI is InChI=1S/C28H26.C15H17N.2C10H14.2C9H13N/c1-28(2,3)27-17-11-10-16-26(27)25-19-23(21-12-6-4-7-13-21)18-24(20-25)22-14-8-5-9-15-22;1-15(2,3)14-11-7-10-13(16-14)12-8-5-4-6-9-12;2*1-10(2,3)9-7-5-4-6-8-9;1-9(2,3)8-4-6-10-7-5-8;1-9(2,3)8-6-4-5-7-10-8/h4-20H,1-3H3;4-11H,1-3H3;2*4-8H,1-3H3;2*4-7H,1-3H3. The van der Waals surface area contributed by atoms with Gasteiger partial charge in [0.05, 0.1) is 5.69 Å². The van der Waals surface area contributed by atoms with Crippen molar-refractivity contribution in [1.82, 2.24) is 15.0 Å². The molecule has 0 aliphatic rings. The molecule has 0 aliphatic heterocycles. The maximum Gasteiger partial charge on any atom is 0.0705 e. The van der Waals surface area contributed by atoms with Crippen LogP contribution >= 0.6 is 0 Å². The van der Waals surface area contributed by atoms with Crippen LogP contribution < -0.4 is 0 Å². The fourth-order valence-corrected chi connectivity index (χ4v) is 8.92. The Morgan fingerprint density at radius 1 is 0.238 bits per heavy atom. The van der Waals surface area contributed by atoms with E-state index in [1.54, 1.807) is 0 Å². The third-order valence-corrected chi connectivity index (χ3v) is 14.0. The Hall–Kier alpha value is -8.01. The number of nitrogens with zero attached hydrogens (tertiary/aromatic N) is 3.